The number of benzene rings is 2. The van der Waals surface area contributed by atoms with Crippen molar-refractivity contribution in [3.05, 3.63) is 54.1 Å². The first-order chi connectivity index (χ1) is 11.2. The average molecular weight is 329 g/mol. The average Bonchev–Trinajstić information content (AvgIpc) is 2.59. The molecule has 0 aromatic heterocycles. The molecule has 2 rings (SSSR count). The fraction of sp³-hybridized carbons (Fsp3) is 0.316. The monoisotopic (exact) mass is 329 g/mol. The van der Waals surface area contributed by atoms with Crippen LogP contribution in [0, 0.1) is 0 Å². The Kier molecular flexibility index (Phi) is 7.01. The summed E-state index contributed by atoms with van der Waals surface area (Å²) >= 11 is 1.64. The van der Waals surface area contributed by atoms with Gasteiger partial charge in [-0.15, -0.1) is 11.8 Å². The molecular formula is C19H23NO2S. The van der Waals surface area contributed by atoms with Gasteiger partial charge in [-0.25, -0.2) is 0 Å². The number of methoxy groups -OCH3 is 1. The second kappa shape index (κ2) is 9.26. The van der Waals surface area contributed by atoms with E-state index in [0.717, 1.165) is 35.6 Å². The second-order valence-electron chi connectivity index (χ2n) is 5.30. The summed E-state index contributed by atoms with van der Waals surface area (Å²) in [5.41, 5.74) is 2.18. The number of hydrogen-bond acceptors (Lipinski definition) is 3. The molecule has 1 amide bonds. The van der Waals surface area contributed by atoms with Gasteiger partial charge >= 0.3 is 0 Å². The molecule has 0 aliphatic carbocycles. The number of carbonyl (C=O) groups is 1. The van der Waals surface area contributed by atoms with E-state index in [1.165, 1.54) is 5.56 Å². The summed E-state index contributed by atoms with van der Waals surface area (Å²) in [5.74, 6) is 0.960. The molecule has 0 heterocycles. The third kappa shape index (κ3) is 5.64. The standard InChI is InChI=1S/C19H23NO2S/c1-22-16-13-11-15(12-14-16)7-3-6-10-19(21)20-17-8-4-5-9-18(17)23-2/h4-5,8-9,11-14H,3,6-7,10H2,1-2H3,(H,20,21). The Hall–Kier alpha value is -1.94. The van der Waals surface area contributed by atoms with Crippen LogP contribution in [-0.2, 0) is 11.2 Å². The third-order valence-electron chi connectivity index (χ3n) is 3.66. The van der Waals surface area contributed by atoms with Gasteiger partial charge in [-0.3, -0.25) is 4.79 Å². The molecule has 122 valence electrons. The van der Waals surface area contributed by atoms with Gasteiger partial charge in [0.1, 0.15) is 5.75 Å². The minimum absolute atomic E-state index is 0.0845. The first-order valence-corrected chi connectivity index (χ1v) is 9.01. The van der Waals surface area contributed by atoms with Gasteiger partial charge in [-0.2, -0.15) is 0 Å². The molecule has 2 aromatic carbocycles. The molecule has 0 bridgehead atoms. The zero-order valence-electron chi connectivity index (χ0n) is 13.7. The lowest BCUT2D eigenvalue weighted by Crippen LogP contribution is -2.11. The first kappa shape index (κ1) is 17.4. The van der Waals surface area contributed by atoms with E-state index in [4.69, 9.17) is 4.74 Å². The SMILES string of the molecule is COc1ccc(CCCCC(=O)Nc2ccccc2SC)cc1. The van der Waals surface area contributed by atoms with Crippen LogP contribution in [0.25, 0.3) is 0 Å². The van der Waals surface area contributed by atoms with Gasteiger partial charge < -0.3 is 10.1 Å². The van der Waals surface area contributed by atoms with Gasteiger partial charge in [-0.05, 0) is 55.3 Å². The summed E-state index contributed by atoms with van der Waals surface area (Å²) < 4.78 is 5.15. The van der Waals surface area contributed by atoms with Crippen LogP contribution in [0.4, 0.5) is 5.69 Å². The van der Waals surface area contributed by atoms with Crippen molar-refractivity contribution in [2.45, 2.75) is 30.6 Å². The normalized spacial score (nSPS) is 10.3. The molecule has 0 fully saturated rings. The largest absolute Gasteiger partial charge is 0.497 e. The van der Waals surface area contributed by atoms with Gasteiger partial charge in [0, 0.05) is 11.3 Å². The third-order valence-corrected chi connectivity index (χ3v) is 4.46. The Morgan fingerprint density at radius 2 is 1.83 bits per heavy atom. The van der Waals surface area contributed by atoms with Crippen molar-refractivity contribution in [1.82, 2.24) is 0 Å². The Balaban J connectivity index is 1.72. The summed E-state index contributed by atoms with van der Waals surface area (Å²) in [6.45, 7) is 0. The maximum atomic E-state index is 12.0. The Bertz CT molecular complexity index is 626. The van der Waals surface area contributed by atoms with Crippen LogP contribution in [0.5, 0.6) is 5.75 Å². The lowest BCUT2D eigenvalue weighted by molar-refractivity contribution is -0.116. The maximum Gasteiger partial charge on any atom is 0.224 e. The summed E-state index contributed by atoms with van der Waals surface area (Å²) in [6, 6.07) is 16.0. The highest BCUT2D eigenvalue weighted by Gasteiger charge is 2.06. The molecule has 0 spiro atoms. The van der Waals surface area contributed by atoms with Crippen molar-refractivity contribution in [2.75, 3.05) is 18.7 Å². The number of anilines is 1. The number of para-hydroxylation sites is 1. The number of rotatable bonds is 8. The van der Waals surface area contributed by atoms with Crippen LogP contribution < -0.4 is 10.1 Å². The van der Waals surface area contributed by atoms with Crippen LogP contribution in [0.1, 0.15) is 24.8 Å². The van der Waals surface area contributed by atoms with E-state index in [0.29, 0.717) is 6.42 Å². The number of ether oxygens (including phenoxy) is 1. The van der Waals surface area contributed by atoms with Crippen LogP contribution in [-0.4, -0.2) is 19.3 Å². The summed E-state index contributed by atoms with van der Waals surface area (Å²) in [6.07, 6.45) is 5.45. The molecule has 1 N–H and O–H groups in total. The Morgan fingerprint density at radius 3 is 2.52 bits per heavy atom. The maximum absolute atomic E-state index is 12.0. The van der Waals surface area contributed by atoms with Crippen molar-refractivity contribution < 1.29 is 9.53 Å². The summed E-state index contributed by atoms with van der Waals surface area (Å²) in [4.78, 5) is 13.1. The summed E-state index contributed by atoms with van der Waals surface area (Å²) in [7, 11) is 1.67. The topological polar surface area (TPSA) is 38.3 Å². The van der Waals surface area contributed by atoms with E-state index in [-0.39, 0.29) is 5.91 Å². The number of amides is 1. The molecule has 0 unspecified atom stereocenters. The van der Waals surface area contributed by atoms with Crippen molar-refractivity contribution in [3.8, 4) is 5.75 Å². The van der Waals surface area contributed by atoms with E-state index >= 15 is 0 Å². The fourth-order valence-corrected chi connectivity index (χ4v) is 2.92. The lowest BCUT2D eigenvalue weighted by Gasteiger charge is -2.09. The number of carbonyl (C=O) groups excluding carboxylic acids is 1. The van der Waals surface area contributed by atoms with Crippen LogP contribution in [0.3, 0.4) is 0 Å². The van der Waals surface area contributed by atoms with Crippen molar-refractivity contribution in [2.24, 2.45) is 0 Å². The molecule has 4 heteroatoms. The van der Waals surface area contributed by atoms with Gasteiger partial charge in [0.25, 0.3) is 0 Å². The van der Waals surface area contributed by atoms with Crippen molar-refractivity contribution in [1.29, 1.82) is 0 Å². The minimum Gasteiger partial charge on any atom is -0.497 e. The molecule has 0 saturated heterocycles. The molecule has 0 aliphatic heterocycles. The number of aryl methyl sites for hydroxylation is 1. The predicted octanol–water partition coefficient (Wildman–Crippen LogP) is 4.77. The van der Waals surface area contributed by atoms with E-state index in [1.54, 1.807) is 18.9 Å². The first-order valence-electron chi connectivity index (χ1n) is 7.78. The minimum atomic E-state index is 0.0845. The zero-order valence-corrected chi connectivity index (χ0v) is 14.5. The highest BCUT2D eigenvalue weighted by atomic mass is 32.2. The van der Waals surface area contributed by atoms with E-state index in [1.807, 2.05) is 42.7 Å². The van der Waals surface area contributed by atoms with Gasteiger partial charge in [-0.1, -0.05) is 24.3 Å². The molecule has 0 atom stereocenters. The fourth-order valence-electron chi connectivity index (χ4n) is 2.37. The second-order valence-corrected chi connectivity index (χ2v) is 6.15. The predicted molar refractivity (Wildman–Crippen MR) is 97.4 cm³/mol. The molecule has 0 saturated carbocycles. The van der Waals surface area contributed by atoms with Crippen LogP contribution in [0.15, 0.2) is 53.4 Å². The van der Waals surface area contributed by atoms with Crippen molar-refractivity contribution in [3.63, 3.8) is 0 Å². The van der Waals surface area contributed by atoms with Crippen molar-refractivity contribution >= 4 is 23.4 Å². The van der Waals surface area contributed by atoms with E-state index in [2.05, 4.69) is 17.4 Å². The van der Waals surface area contributed by atoms with Crippen LogP contribution in [0.2, 0.25) is 0 Å². The lowest BCUT2D eigenvalue weighted by atomic mass is 10.1. The molecule has 2 aromatic rings. The molecule has 3 nitrogen and oxygen atoms in total. The number of thioether (sulfide) groups is 1. The highest BCUT2D eigenvalue weighted by molar-refractivity contribution is 7.98. The van der Waals surface area contributed by atoms with Gasteiger partial charge in [0.05, 0.1) is 12.8 Å². The van der Waals surface area contributed by atoms with E-state index < -0.39 is 0 Å². The van der Waals surface area contributed by atoms with E-state index in [9.17, 15) is 4.79 Å². The quantitative estimate of drug-likeness (QED) is 0.560. The number of nitrogens with one attached hydrogen (secondary N) is 1. The number of hydrogen-bond donors (Lipinski definition) is 1. The smallest absolute Gasteiger partial charge is 0.224 e. The Labute approximate surface area is 142 Å². The number of unbranched alkanes of at least 4 members (excludes halogenated alkanes) is 1. The Morgan fingerprint density at radius 1 is 1.09 bits per heavy atom. The summed E-state index contributed by atoms with van der Waals surface area (Å²) in [5, 5.41) is 3.00. The highest BCUT2D eigenvalue weighted by Crippen LogP contribution is 2.24. The van der Waals surface area contributed by atoms with Gasteiger partial charge in [0.2, 0.25) is 5.91 Å². The molecular weight excluding hydrogens is 306 g/mol. The molecule has 23 heavy (non-hydrogen) atoms. The molecule has 0 radical (unpaired) electrons. The zero-order chi connectivity index (χ0) is 16.5. The molecule has 0 aliphatic rings. The van der Waals surface area contributed by atoms with Crippen LogP contribution >= 0.6 is 11.8 Å². The van der Waals surface area contributed by atoms with Gasteiger partial charge in [0.15, 0.2) is 0 Å².